The maximum atomic E-state index is 13.7. The molecule has 0 aliphatic carbocycles. The fourth-order valence-corrected chi connectivity index (χ4v) is 2.27. The quantitative estimate of drug-likeness (QED) is 0.732. The number of nitrogens with one attached hydrogen (secondary N) is 2. The highest BCUT2D eigenvalue weighted by Crippen LogP contribution is 2.25. The number of rotatable bonds is 3. The maximum Gasteiger partial charge on any atom is 0.259 e. The molecular weight excluding hydrogens is 412 g/mol. The lowest BCUT2D eigenvalue weighted by Gasteiger charge is -2.10. The molecule has 0 unspecified atom stereocenters. The molecule has 0 atom stereocenters. The Morgan fingerprint density at radius 3 is 2.57 bits per heavy atom. The average Bonchev–Trinajstić information content (AvgIpc) is 2.44. The number of carbonyl (C=O) groups is 1. The predicted molar refractivity (Wildman–Crippen MR) is 83.5 cm³/mol. The van der Waals surface area contributed by atoms with Crippen molar-refractivity contribution in [2.24, 2.45) is 0 Å². The lowest BCUT2D eigenvalue weighted by atomic mass is 10.2. The number of hydrogen-bond donors (Lipinski definition) is 2. The first-order chi connectivity index (χ1) is 9.92. The number of carbonyl (C=O) groups excluding carboxylic acids is 1. The van der Waals surface area contributed by atoms with Crippen molar-refractivity contribution in [1.82, 2.24) is 4.98 Å². The van der Waals surface area contributed by atoms with Crippen LogP contribution in [0, 0.1) is 11.6 Å². The molecule has 0 radical (unpaired) electrons. The average molecular weight is 421 g/mol. The second-order valence-corrected chi connectivity index (χ2v) is 5.77. The lowest BCUT2D eigenvalue weighted by molar-refractivity contribution is 0.102. The van der Waals surface area contributed by atoms with E-state index in [-0.39, 0.29) is 15.7 Å². The Morgan fingerprint density at radius 2 is 1.90 bits per heavy atom. The summed E-state index contributed by atoms with van der Waals surface area (Å²) < 4.78 is 27.7. The minimum atomic E-state index is -0.745. The van der Waals surface area contributed by atoms with Gasteiger partial charge in [0.25, 0.3) is 5.91 Å². The molecule has 0 fully saturated rings. The van der Waals surface area contributed by atoms with E-state index in [0.717, 1.165) is 12.1 Å². The van der Waals surface area contributed by atoms with E-state index in [1.165, 1.54) is 12.3 Å². The molecule has 0 bridgehead atoms. The number of nitrogens with zero attached hydrogens (tertiary/aromatic N) is 1. The maximum absolute atomic E-state index is 13.7. The third kappa shape index (κ3) is 3.56. The van der Waals surface area contributed by atoms with E-state index < -0.39 is 17.5 Å². The van der Waals surface area contributed by atoms with Crippen LogP contribution in [0.2, 0.25) is 0 Å². The zero-order chi connectivity index (χ0) is 15.6. The minimum Gasteiger partial charge on any atom is -0.372 e. The summed E-state index contributed by atoms with van der Waals surface area (Å²) in [6.45, 7) is 0. The van der Waals surface area contributed by atoms with E-state index in [2.05, 4.69) is 47.5 Å². The summed E-state index contributed by atoms with van der Waals surface area (Å²) in [7, 11) is 1.60. The Balaban J connectivity index is 2.34. The second kappa shape index (κ2) is 6.48. The van der Waals surface area contributed by atoms with E-state index in [9.17, 15) is 13.6 Å². The SMILES string of the molecule is CNc1ncc(Br)cc1C(=O)Nc1cc(F)c(Br)cc1F. The van der Waals surface area contributed by atoms with Crippen LogP contribution >= 0.6 is 31.9 Å². The third-order valence-electron chi connectivity index (χ3n) is 2.59. The summed E-state index contributed by atoms with van der Waals surface area (Å²) >= 11 is 6.07. The first-order valence-electron chi connectivity index (χ1n) is 5.71. The molecule has 2 aromatic rings. The van der Waals surface area contributed by atoms with E-state index >= 15 is 0 Å². The van der Waals surface area contributed by atoms with Gasteiger partial charge in [-0.2, -0.15) is 0 Å². The summed E-state index contributed by atoms with van der Waals surface area (Å²) in [5.74, 6) is -1.69. The zero-order valence-corrected chi connectivity index (χ0v) is 13.8. The van der Waals surface area contributed by atoms with Crippen molar-refractivity contribution in [1.29, 1.82) is 0 Å². The van der Waals surface area contributed by atoms with Crippen LogP contribution in [0.5, 0.6) is 0 Å². The smallest absolute Gasteiger partial charge is 0.259 e. The highest BCUT2D eigenvalue weighted by molar-refractivity contribution is 9.10. The molecule has 1 aromatic heterocycles. The molecular formula is C13H9Br2F2N3O. The molecule has 0 aliphatic rings. The van der Waals surface area contributed by atoms with Gasteiger partial charge in [0, 0.05) is 23.8 Å². The van der Waals surface area contributed by atoms with Gasteiger partial charge in [0.05, 0.1) is 15.7 Å². The molecule has 0 saturated carbocycles. The number of benzene rings is 1. The van der Waals surface area contributed by atoms with Crippen molar-refractivity contribution < 1.29 is 13.6 Å². The normalized spacial score (nSPS) is 10.3. The van der Waals surface area contributed by atoms with Crippen molar-refractivity contribution in [3.05, 3.63) is 50.5 Å². The zero-order valence-electron chi connectivity index (χ0n) is 10.7. The second-order valence-electron chi connectivity index (χ2n) is 4.00. The van der Waals surface area contributed by atoms with Crippen molar-refractivity contribution >= 4 is 49.3 Å². The minimum absolute atomic E-state index is 0.0157. The third-order valence-corrected chi connectivity index (χ3v) is 3.64. The van der Waals surface area contributed by atoms with Crippen LogP contribution in [0.25, 0.3) is 0 Å². The number of pyridine rings is 1. The first-order valence-corrected chi connectivity index (χ1v) is 7.30. The van der Waals surface area contributed by atoms with E-state index in [4.69, 9.17) is 0 Å². The van der Waals surface area contributed by atoms with Crippen LogP contribution in [0.4, 0.5) is 20.3 Å². The highest BCUT2D eigenvalue weighted by atomic mass is 79.9. The van der Waals surface area contributed by atoms with Gasteiger partial charge in [-0.15, -0.1) is 0 Å². The Bertz CT molecular complexity index is 710. The number of hydrogen-bond acceptors (Lipinski definition) is 3. The summed E-state index contributed by atoms with van der Waals surface area (Å²) in [4.78, 5) is 16.2. The summed E-state index contributed by atoms with van der Waals surface area (Å²) in [5.41, 5.74) is -0.0441. The Kier molecular flexibility index (Phi) is 4.89. The molecule has 8 heteroatoms. The Labute approximate surface area is 136 Å². The Morgan fingerprint density at radius 1 is 1.19 bits per heavy atom. The molecule has 1 heterocycles. The van der Waals surface area contributed by atoms with Gasteiger partial charge >= 0.3 is 0 Å². The van der Waals surface area contributed by atoms with Gasteiger partial charge in [0.15, 0.2) is 0 Å². The molecule has 0 spiro atoms. The van der Waals surface area contributed by atoms with Gasteiger partial charge in [0.1, 0.15) is 17.5 Å². The molecule has 1 amide bonds. The molecule has 21 heavy (non-hydrogen) atoms. The van der Waals surface area contributed by atoms with Crippen molar-refractivity contribution in [2.75, 3.05) is 17.7 Å². The largest absolute Gasteiger partial charge is 0.372 e. The van der Waals surface area contributed by atoms with Crippen molar-refractivity contribution in [3.8, 4) is 0 Å². The Hall–Kier alpha value is -1.54. The van der Waals surface area contributed by atoms with Gasteiger partial charge < -0.3 is 10.6 Å². The van der Waals surface area contributed by atoms with Crippen LogP contribution < -0.4 is 10.6 Å². The van der Waals surface area contributed by atoms with Gasteiger partial charge in [-0.25, -0.2) is 13.8 Å². The van der Waals surface area contributed by atoms with Crippen LogP contribution in [0.3, 0.4) is 0 Å². The van der Waals surface area contributed by atoms with Gasteiger partial charge in [0.2, 0.25) is 0 Å². The van der Waals surface area contributed by atoms with Crippen LogP contribution in [-0.2, 0) is 0 Å². The van der Waals surface area contributed by atoms with Gasteiger partial charge in [-0.1, -0.05) is 0 Å². The van der Waals surface area contributed by atoms with Crippen LogP contribution in [-0.4, -0.2) is 17.9 Å². The molecule has 2 rings (SSSR count). The molecule has 4 nitrogen and oxygen atoms in total. The standard InChI is InChI=1S/C13H9Br2F2N3O/c1-18-12-7(2-6(14)5-19-12)13(21)20-11-4-9(16)8(15)3-10(11)17/h2-5H,1H3,(H,18,19)(H,20,21). The van der Waals surface area contributed by atoms with Gasteiger partial charge in [-0.3, -0.25) is 4.79 Å². The van der Waals surface area contributed by atoms with E-state index in [1.54, 1.807) is 7.05 Å². The van der Waals surface area contributed by atoms with Crippen LogP contribution in [0.15, 0.2) is 33.3 Å². The molecule has 1 aromatic carbocycles. The molecule has 2 N–H and O–H groups in total. The van der Waals surface area contributed by atoms with Crippen LogP contribution in [0.1, 0.15) is 10.4 Å². The van der Waals surface area contributed by atoms with E-state index in [0.29, 0.717) is 10.3 Å². The summed E-state index contributed by atoms with van der Waals surface area (Å²) in [6, 6.07) is 3.38. The molecule has 0 saturated heterocycles. The summed E-state index contributed by atoms with van der Waals surface area (Å²) in [5, 5.41) is 5.08. The van der Waals surface area contributed by atoms with E-state index in [1.807, 2.05) is 0 Å². The highest BCUT2D eigenvalue weighted by Gasteiger charge is 2.16. The monoisotopic (exact) mass is 419 g/mol. The molecule has 0 aliphatic heterocycles. The molecule has 110 valence electrons. The topological polar surface area (TPSA) is 54.0 Å². The number of aromatic nitrogens is 1. The number of anilines is 2. The first kappa shape index (κ1) is 15.8. The fraction of sp³-hybridized carbons (Fsp3) is 0.0769. The number of halogens is 4. The predicted octanol–water partition coefficient (Wildman–Crippen LogP) is 4.18. The van der Waals surface area contributed by atoms with Crippen molar-refractivity contribution in [3.63, 3.8) is 0 Å². The fourth-order valence-electron chi connectivity index (χ4n) is 1.62. The summed E-state index contributed by atoms with van der Waals surface area (Å²) in [6.07, 6.45) is 1.52. The number of amides is 1. The van der Waals surface area contributed by atoms with Crippen molar-refractivity contribution in [2.45, 2.75) is 0 Å². The lowest BCUT2D eigenvalue weighted by Crippen LogP contribution is -2.16. The van der Waals surface area contributed by atoms with Gasteiger partial charge in [-0.05, 0) is 44.0 Å².